The molecular weight excluding hydrogens is 335 g/mol. The first-order valence-corrected chi connectivity index (χ1v) is 13.5. The fourth-order valence-electron chi connectivity index (χ4n) is 1.71. The monoisotopic (exact) mass is 362 g/mol. The van der Waals surface area contributed by atoms with Crippen LogP contribution in [0.15, 0.2) is 30.3 Å². The van der Waals surface area contributed by atoms with E-state index in [4.69, 9.17) is 0 Å². The summed E-state index contributed by atoms with van der Waals surface area (Å²) in [5.41, 5.74) is 0. The normalized spacial score (nSPS) is 16.1. The zero-order chi connectivity index (χ0) is 14.7. The van der Waals surface area contributed by atoms with Crippen LogP contribution in [0.2, 0.25) is 25.7 Å². The Balaban J connectivity index is 2.90. The van der Waals surface area contributed by atoms with Crippen molar-refractivity contribution >= 4 is 38.3 Å². The van der Waals surface area contributed by atoms with Crippen molar-refractivity contribution in [2.75, 3.05) is 0 Å². The third-order valence-electron chi connectivity index (χ3n) is 2.63. The Bertz CT molecular complexity index is 420. The molecule has 0 aliphatic heterocycles. The van der Waals surface area contributed by atoms with Gasteiger partial charge < -0.3 is 0 Å². The Morgan fingerprint density at radius 2 is 1.68 bits per heavy atom. The summed E-state index contributed by atoms with van der Waals surface area (Å²) in [5.74, 6) is 0. The Hall–Kier alpha value is 0.106. The van der Waals surface area contributed by atoms with Crippen LogP contribution in [0.25, 0.3) is 0 Å². The summed E-state index contributed by atoms with van der Waals surface area (Å²) in [6, 6.07) is 11.7. The van der Waals surface area contributed by atoms with Crippen molar-refractivity contribution < 1.29 is 4.21 Å². The van der Waals surface area contributed by atoms with E-state index in [1.165, 1.54) is 4.46 Å². The van der Waals surface area contributed by atoms with E-state index in [0.717, 1.165) is 6.04 Å². The summed E-state index contributed by atoms with van der Waals surface area (Å²) in [5, 5.41) is 0. The van der Waals surface area contributed by atoms with E-state index in [1.807, 2.05) is 6.07 Å². The first kappa shape index (κ1) is 17.2. The summed E-state index contributed by atoms with van der Waals surface area (Å²) in [4.78, 5) is 0. The summed E-state index contributed by atoms with van der Waals surface area (Å²) in [6.07, 6.45) is 0. The molecule has 0 aliphatic carbocycles. The average Bonchev–Trinajstić information content (AvgIpc) is 2.25. The minimum atomic E-state index is -1.19. The summed E-state index contributed by atoms with van der Waals surface area (Å²) < 4.78 is 14.4. The van der Waals surface area contributed by atoms with E-state index in [2.05, 4.69) is 64.7 Å². The van der Waals surface area contributed by atoms with Crippen LogP contribution < -0.4 is 4.46 Å². The molecule has 0 bridgehead atoms. The molecule has 2 atom stereocenters. The number of hydrogen-bond donors (Lipinski definition) is 0. The summed E-state index contributed by atoms with van der Waals surface area (Å²) >= 11 is 0.305. The molecule has 0 saturated heterocycles. The number of hydrogen-bond acceptors (Lipinski definition) is 1. The van der Waals surface area contributed by atoms with Crippen LogP contribution >= 0.6 is 0 Å². The molecule has 1 rings (SSSR count). The SMILES string of the molecule is CC(C)(C)S(=O)C(C[Si](C)(C)C)[Se]c1ccccc1. The molecule has 0 aliphatic rings. The maximum absolute atomic E-state index is 12.8. The molecule has 1 nitrogen and oxygen atoms in total. The van der Waals surface area contributed by atoms with Crippen molar-refractivity contribution in [1.29, 1.82) is 0 Å². The van der Waals surface area contributed by atoms with E-state index in [1.54, 1.807) is 0 Å². The molecule has 0 radical (unpaired) electrons. The molecule has 19 heavy (non-hydrogen) atoms. The number of rotatable bonds is 5. The molecule has 108 valence electrons. The molecule has 1 aromatic carbocycles. The fraction of sp³-hybridized carbons (Fsp3) is 0.600. The average molecular weight is 361 g/mol. The standard InChI is InChI=1S/C15H26OSSeSi/c1-15(2,3)17(16)14(12-19(4,5)6)18-13-10-8-7-9-11-13/h7-11,14H,12H2,1-6H3. The van der Waals surface area contributed by atoms with Gasteiger partial charge in [0.1, 0.15) is 0 Å². The van der Waals surface area contributed by atoms with E-state index < -0.39 is 18.9 Å². The molecule has 0 heterocycles. The van der Waals surface area contributed by atoms with Crippen LogP contribution in [0.1, 0.15) is 20.8 Å². The van der Waals surface area contributed by atoms with E-state index in [0.29, 0.717) is 19.1 Å². The van der Waals surface area contributed by atoms with Gasteiger partial charge in [0.25, 0.3) is 0 Å². The first-order valence-electron chi connectivity index (χ1n) is 6.72. The molecule has 2 unspecified atom stereocenters. The van der Waals surface area contributed by atoms with Crippen LogP contribution in [0.5, 0.6) is 0 Å². The Morgan fingerprint density at radius 1 is 1.16 bits per heavy atom. The number of benzene rings is 1. The second kappa shape index (κ2) is 6.71. The van der Waals surface area contributed by atoms with Crippen molar-refractivity contribution in [2.45, 2.75) is 55.4 Å². The van der Waals surface area contributed by atoms with Crippen LogP contribution in [0, 0.1) is 0 Å². The van der Waals surface area contributed by atoms with Gasteiger partial charge in [-0.1, -0.05) is 0 Å². The minimum absolute atomic E-state index is 0.110. The van der Waals surface area contributed by atoms with Gasteiger partial charge >= 0.3 is 128 Å². The Labute approximate surface area is 128 Å². The Kier molecular flexibility index (Phi) is 6.06. The quantitative estimate of drug-likeness (QED) is 0.736. The third kappa shape index (κ3) is 6.39. The van der Waals surface area contributed by atoms with Crippen molar-refractivity contribution in [1.82, 2.24) is 0 Å². The van der Waals surface area contributed by atoms with E-state index in [9.17, 15) is 4.21 Å². The zero-order valence-electron chi connectivity index (χ0n) is 12.9. The van der Waals surface area contributed by atoms with Crippen molar-refractivity contribution in [3.05, 3.63) is 30.3 Å². The molecule has 0 spiro atoms. The summed E-state index contributed by atoms with van der Waals surface area (Å²) in [7, 11) is -1.95. The van der Waals surface area contributed by atoms with Crippen molar-refractivity contribution in [2.24, 2.45) is 0 Å². The molecule has 1 aromatic rings. The van der Waals surface area contributed by atoms with Crippen LogP contribution in [-0.2, 0) is 10.8 Å². The molecule has 0 amide bonds. The van der Waals surface area contributed by atoms with Gasteiger partial charge in [0.15, 0.2) is 0 Å². The molecule has 0 fully saturated rings. The van der Waals surface area contributed by atoms with Crippen molar-refractivity contribution in [3.63, 3.8) is 0 Å². The second-order valence-corrected chi connectivity index (χ2v) is 18.3. The van der Waals surface area contributed by atoms with Gasteiger partial charge in [0.2, 0.25) is 0 Å². The van der Waals surface area contributed by atoms with Gasteiger partial charge in [-0.3, -0.25) is 0 Å². The molecule has 0 aromatic heterocycles. The van der Waals surface area contributed by atoms with Gasteiger partial charge in [-0.05, 0) is 0 Å². The molecule has 4 heteroatoms. The molecule has 0 saturated carbocycles. The Morgan fingerprint density at radius 3 is 2.11 bits per heavy atom. The van der Waals surface area contributed by atoms with Crippen LogP contribution in [0.4, 0.5) is 0 Å². The van der Waals surface area contributed by atoms with Crippen molar-refractivity contribution in [3.8, 4) is 0 Å². The van der Waals surface area contributed by atoms with Gasteiger partial charge in [-0.25, -0.2) is 0 Å². The topological polar surface area (TPSA) is 17.1 Å². The second-order valence-electron chi connectivity index (χ2n) is 7.04. The van der Waals surface area contributed by atoms with E-state index in [-0.39, 0.29) is 4.75 Å². The van der Waals surface area contributed by atoms with Gasteiger partial charge in [-0.2, -0.15) is 0 Å². The predicted octanol–water partition coefficient (Wildman–Crippen LogP) is 3.23. The molecular formula is C15H26OSSeSi. The van der Waals surface area contributed by atoms with Crippen LogP contribution in [-0.4, -0.2) is 36.1 Å². The third-order valence-corrected chi connectivity index (χ3v) is 10.7. The van der Waals surface area contributed by atoms with Gasteiger partial charge in [0, 0.05) is 0 Å². The van der Waals surface area contributed by atoms with E-state index >= 15 is 0 Å². The van der Waals surface area contributed by atoms with Gasteiger partial charge in [0.05, 0.1) is 0 Å². The molecule has 0 N–H and O–H groups in total. The zero-order valence-corrected chi connectivity index (χ0v) is 16.4. The first-order chi connectivity index (χ1) is 8.59. The van der Waals surface area contributed by atoms with Gasteiger partial charge in [-0.15, -0.1) is 0 Å². The summed E-state index contributed by atoms with van der Waals surface area (Å²) in [6.45, 7) is 13.4. The maximum atomic E-state index is 12.8. The van der Waals surface area contributed by atoms with Crippen LogP contribution in [0.3, 0.4) is 0 Å². The predicted molar refractivity (Wildman–Crippen MR) is 91.7 cm³/mol. The fourth-order valence-corrected chi connectivity index (χ4v) is 13.7.